The zero-order valence-corrected chi connectivity index (χ0v) is 12.6. The monoisotopic (exact) mass is 337 g/mol. The molecular formula is C11H10F3N3O2S2. The highest BCUT2D eigenvalue weighted by molar-refractivity contribution is 7.90. The molecule has 0 aliphatic heterocycles. The topological polar surface area (TPSA) is 64.3 Å². The Labute approximate surface area is 122 Å². The maximum absolute atomic E-state index is 12.5. The summed E-state index contributed by atoms with van der Waals surface area (Å²) in [6, 6.07) is 5.85. The van der Waals surface area contributed by atoms with Gasteiger partial charge in [-0.05, 0) is 19.1 Å². The van der Waals surface area contributed by atoms with E-state index < -0.39 is 21.2 Å². The summed E-state index contributed by atoms with van der Waals surface area (Å²) in [4.78, 5) is -0.432. The summed E-state index contributed by atoms with van der Waals surface area (Å²) in [5.41, 5.74) is 0.858. The minimum absolute atomic E-state index is 0.0879. The number of alkyl halides is 3. The van der Waals surface area contributed by atoms with Gasteiger partial charge < -0.3 is 0 Å². The van der Waals surface area contributed by atoms with Crippen molar-refractivity contribution in [2.24, 2.45) is 11.4 Å². The summed E-state index contributed by atoms with van der Waals surface area (Å²) in [7, 11) is -2.87. The molecule has 0 saturated heterocycles. The van der Waals surface area contributed by atoms with E-state index >= 15 is 0 Å². The fourth-order valence-corrected chi connectivity index (χ4v) is 3.39. The Balaban J connectivity index is 2.53. The molecule has 0 radical (unpaired) electrons. The van der Waals surface area contributed by atoms with Gasteiger partial charge >= 0.3 is 6.18 Å². The molecule has 0 aliphatic carbocycles. The van der Waals surface area contributed by atoms with Crippen LogP contribution in [0.5, 0.6) is 0 Å². The van der Waals surface area contributed by atoms with E-state index in [-0.39, 0.29) is 21.0 Å². The number of aryl methyl sites for hydroxylation is 2. The summed E-state index contributed by atoms with van der Waals surface area (Å²) in [5, 5.41) is 2.08. The second-order valence-corrected chi connectivity index (χ2v) is 6.75. The normalized spacial score (nSPS) is 13.7. The average molecular weight is 337 g/mol. The van der Waals surface area contributed by atoms with Gasteiger partial charge in [-0.1, -0.05) is 29.0 Å². The van der Waals surface area contributed by atoms with Crippen molar-refractivity contribution < 1.29 is 21.6 Å². The molecule has 0 atom stereocenters. The molecule has 0 aliphatic rings. The molecule has 0 spiro atoms. The van der Waals surface area contributed by atoms with Gasteiger partial charge in [0.2, 0.25) is 9.81 Å². The molecule has 21 heavy (non-hydrogen) atoms. The van der Waals surface area contributed by atoms with Crippen LogP contribution in [0.3, 0.4) is 0 Å². The fraction of sp³-hybridized carbons (Fsp3) is 0.273. The molecule has 0 bridgehead atoms. The molecule has 2 aromatic rings. The van der Waals surface area contributed by atoms with Crippen molar-refractivity contribution in [2.45, 2.75) is 18.0 Å². The summed E-state index contributed by atoms with van der Waals surface area (Å²) in [5.74, 6) is 0. The van der Waals surface area contributed by atoms with Crippen LogP contribution in [-0.2, 0) is 23.2 Å². The fourth-order valence-electron chi connectivity index (χ4n) is 1.41. The van der Waals surface area contributed by atoms with Crippen molar-refractivity contribution in [3.8, 4) is 0 Å². The van der Waals surface area contributed by atoms with Crippen molar-refractivity contribution in [2.75, 3.05) is 0 Å². The minimum atomic E-state index is -4.64. The molecule has 0 saturated carbocycles. The third-order valence-corrected chi connectivity index (χ3v) is 4.91. The Kier molecular flexibility index (Phi) is 3.93. The zero-order chi connectivity index (χ0) is 15.8. The van der Waals surface area contributed by atoms with Crippen molar-refractivity contribution in [3.05, 3.63) is 39.6 Å². The van der Waals surface area contributed by atoms with Crippen LogP contribution in [0.1, 0.15) is 10.6 Å². The van der Waals surface area contributed by atoms with Crippen LogP contribution in [-0.4, -0.2) is 18.2 Å². The summed E-state index contributed by atoms with van der Waals surface area (Å²) >= 11 is 0.172. The van der Waals surface area contributed by atoms with Crippen molar-refractivity contribution in [1.82, 2.24) is 9.78 Å². The van der Waals surface area contributed by atoms with Crippen LogP contribution in [0.2, 0.25) is 0 Å². The lowest BCUT2D eigenvalue weighted by Gasteiger charge is -1.98. The quantitative estimate of drug-likeness (QED) is 0.843. The van der Waals surface area contributed by atoms with Crippen LogP contribution in [0.15, 0.2) is 33.6 Å². The van der Waals surface area contributed by atoms with Gasteiger partial charge in [-0.25, -0.2) is 4.68 Å². The van der Waals surface area contributed by atoms with Gasteiger partial charge in [0, 0.05) is 7.05 Å². The number of aromatic nitrogens is 2. The second-order valence-electron chi connectivity index (χ2n) is 4.19. The molecule has 5 nitrogen and oxygen atoms in total. The Morgan fingerprint density at radius 3 is 2.29 bits per heavy atom. The van der Waals surface area contributed by atoms with Gasteiger partial charge in [-0.3, -0.25) is 0 Å². The van der Waals surface area contributed by atoms with E-state index in [9.17, 15) is 21.6 Å². The van der Waals surface area contributed by atoms with Crippen LogP contribution in [0.25, 0.3) is 0 Å². The van der Waals surface area contributed by atoms with Gasteiger partial charge in [-0.2, -0.15) is 26.7 Å². The molecule has 1 aromatic carbocycles. The number of sulfonamides is 1. The number of nitrogens with zero attached hydrogens (tertiary/aromatic N) is 3. The summed E-state index contributed by atoms with van der Waals surface area (Å²) in [6.07, 6.45) is -4.64. The number of benzene rings is 1. The van der Waals surface area contributed by atoms with Crippen LogP contribution < -0.4 is 4.80 Å². The van der Waals surface area contributed by atoms with E-state index in [1.807, 2.05) is 0 Å². The van der Waals surface area contributed by atoms with Crippen molar-refractivity contribution in [1.29, 1.82) is 0 Å². The van der Waals surface area contributed by atoms with Gasteiger partial charge in [0.1, 0.15) is 0 Å². The van der Waals surface area contributed by atoms with E-state index in [0.29, 0.717) is 0 Å². The molecule has 10 heteroatoms. The van der Waals surface area contributed by atoms with E-state index in [0.717, 1.165) is 10.2 Å². The van der Waals surface area contributed by atoms with E-state index in [4.69, 9.17) is 0 Å². The zero-order valence-electron chi connectivity index (χ0n) is 10.9. The minimum Gasteiger partial charge on any atom is -0.240 e. The van der Waals surface area contributed by atoms with Gasteiger partial charge in [0.15, 0.2) is 0 Å². The summed E-state index contributed by atoms with van der Waals surface area (Å²) < 4.78 is 65.9. The number of hydrogen-bond donors (Lipinski definition) is 0. The Bertz CT molecular complexity index is 818. The van der Waals surface area contributed by atoms with E-state index in [1.54, 1.807) is 19.1 Å². The largest absolute Gasteiger partial charge is 0.445 e. The molecule has 0 amide bonds. The van der Waals surface area contributed by atoms with Crippen LogP contribution in [0.4, 0.5) is 13.2 Å². The summed E-state index contributed by atoms with van der Waals surface area (Å²) in [6.45, 7) is 1.78. The Morgan fingerprint density at radius 2 is 1.81 bits per heavy atom. The molecule has 1 heterocycles. The lowest BCUT2D eigenvalue weighted by atomic mass is 10.2. The van der Waals surface area contributed by atoms with Crippen LogP contribution >= 0.6 is 11.3 Å². The SMILES string of the molecule is Cc1ccc(S(=O)(=O)/N=c2/sc(C(F)(F)F)nn2C)cc1. The third kappa shape index (κ3) is 3.50. The molecule has 0 N–H and O–H groups in total. The molecule has 114 valence electrons. The first kappa shape index (κ1) is 15.7. The predicted molar refractivity (Wildman–Crippen MR) is 70.0 cm³/mol. The van der Waals surface area contributed by atoms with E-state index in [2.05, 4.69) is 9.50 Å². The first-order valence-electron chi connectivity index (χ1n) is 5.58. The van der Waals surface area contributed by atoms with E-state index in [1.165, 1.54) is 19.2 Å². The second kappa shape index (κ2) is 5.26. The highest BCUT2D eigenvalue weighted by Gasteiger charge is 2.35. The predicted octanol–water partition coefficient (Wildman–Crippen LogP) is 2.10. The standard InChI is InChI=1S/C11H10F3N3O2S2/c1-7-3-5-8(6-4-7)21(18,19)16-10-17(2)15-9(20-10)11(12,13)14/h3-6H,1-2H3/b16-10+. The highest BCUT2D eigenvalue weighted by Crippen LogP contribution is 2.28. The van der Waals surface area contributed by atoms with Crippen molar-refractivity contribution in [3.63, 3.8) is 0 Å². The van der Waals surface area contributed by atoms with Gasteiger partial charge in [0.05, 0.1) is 4.90 Å². The molecular weight excluding hydrogens is 327 g/mol. The molecule has 2 rings (SSSR count). The third-order valence-electron chi connectivity index (χ3n) is 2.47. The Hall–Kier alpha value is -1.68. The lowest BCUT2D eigenvalue weighted by molar-refractivity contribution is -0.138. The van der Waals surface area contributed by atoms with Gasteiger partial charge in [-0.15, -0.1) is 4.40 Å². The molecule has 1 aromatic heterocycles. The van der Waals surface area contributed by atoms with Gasteiger partial charge in [0.25, 0.3) is 10.0 Å². The first-order valence-corrected chi connectivity index (χ1v) is 7.84. The lowest BCUT2D eigenvalue weighted by Crippen LogP contribution is -2.15. The smallest absolute Gasteiger partial charge is 0.240 e. The molecule has 0 unspecified atom stereocenters. The van der Waals surface area contributed by atoms with Crippen molar-refractivity contribution >= 4 is 21.4 Å². The maximum Gasteiger partial charge on any atom is 0.445 e. The van der Waals surface area contributed by atoms with Crippen LogP contribution in [0, 0.1) is 6.92 Å². The Morgan fingerprint density at radius 1 is 1.24 bits per heavy atom. The molecule has 0 fully saturated rings. The highest BCUT2D eigenvalue weighted by atomic mass is 32.2. The number of halogens is 3. The number of rotatable bonds is 2. The maximum atomic E-state index is 12.5. The number of hydrogen-bond acceptors (Lipinski definition) is 4. The first-order chi connectivity index (χ1) is 9.59. The average Bonchev–Trinajstić information content (AvgIpc) is 2.71.